The van der Waals surface area contributed by atoms with Gasteiger partial charge >= 0.3 is 0 Å². The molecule has 1 aromatic carbocycles. The first kappa shape index (κ1) is 14.4. The average molecular weight is 331 g/mol. The monoisotopic (exact) mass is 331 g/mol. The first-order valence-electron chi connectivity index (χ1n) is 7.56. The molecule has 0 spiro atoms. The molecule has 0 amide bonds. The van der Waals surface area contributed by atoms with Crippen molar-refractivity contribution in [3.8, 4) is 0 Å². The maximum atomic E-state index is 12.9. The first-order chi connectivity index (χ1) is 10.4. The number of nitrogens with zero attached hydrogens (tertiary/aromatic N) is 1. The number of ketones is 1. The number of thioether (sulfide) groups is 1. The van der Waals surface area contributed by atoms with Crippen LogP contribution in [0.25, 0.3) is 10.2 Å². The number of hydrogen-bond acceptors (Lipinski definition) is 5. The Hall–Kier alpha value is -1.20. The molecule has 0 saturated heterocycles. The summed E-state index contributed by atoms with van der Waals surface area (Å²) in [5.74, 6) is 0.509. The summed E-state index contributed by atoms with van der Waals surface area (Å²) in [6.07, 6.45) is 2.44. The van der Waals surface area contributed by atoms with Crippen LogP contribution in [0.1, 0.15) is 33.1 Å². The van der Waals surface area contributed by atoms with Crippen molar-refractivity contribution < 1.29 is 9.59 Å². The second-order valence-electron chi connectivity index (χ2n) is 6.91. The summed E-state index contributed by atoms with van der Waals surface area (Å²) >= 11 is 2.70. The molecule has 2 fully saturated rings. The summed E-state index contributed by atoms with van der Waals surface area (Å²) in [5.41, 5.74) is -0.179. The smallest absolute Gasteiger partial charge is 0.209 e. The number of hydrogen-bond donors (Lipinski definition) is 0. The van der Waals surface area contributed by atoms with Crippen LogP contribution in [-0.2, 0) is 9.59 Å². The highest BCUT2D eigenvalue weighted by Crippen LogP contribution is 2.61. The topological polar surface area (TPSA) is 47.0 Å². The number of para-hydroxylation sites is 1. The first-order valence-corrected chi connectivity index (χ1v) is 9.19. The maximum Gasteiger partial charge on any atom is 0.209 e. The van der Waals surface area contributed by atoms with Crippen LogP contribution in [-0.4, -0.2) is 15.9 Å². The number of thiazole rings is 1. The standard InChI is InChI=1S/C17H17NO2S2/c1-16(2)10-7-8-17(9-10,13(16)19)14(20)22-15-18-11-5-3-4-6-12(11)21-15/h3-6,10H,7-9H2,1-2H3. The molecule has 3 nitrogen and oxygen atoms in total. The van der Waals surface area contributed by atoms with E-state index in [1.165, 1.54) is 23.1 Å². The van der Waals surface area contributed by atoms with E-state index in [1.54, 1.807) is 0 Å². The van der Waals surface area contributed by atoms with Gasteiger partial charge in [-0.05, 0) is 49.1 Å². The Morgan fingerprint density at radius 3 is 2.82 bits per heavy atom. The highest BCUT2D eigenvalue weighted by molar-refractivity contribution is 8.15. The Labute approximate surface area is 137 Å². The fraction of sp³-hybridized carbons (Fsp3) is 0.471. The lowest BCUT2D eigenvalue weighted by atomic mass is 9.71. The molecule has 2 aliphatic rings. The van der Waals surface area contributed by atoms with Gasteiger partial charge in [0.25, 0.3) is 0 Å². The van der Waals surface area contributed by atoms with Gasteiger partial charge in [-0.25, -0.2) is 4.98 Å². The van der Waals surface area contributed by atoms with Gasteiger partial charge in [0.05, 0.1) is 15.6 Å². The third kappa shape index (κ3) is 1.85. The van der Waals surface area contributed by atoms with Crippen molar-refractivity contribution in [1.29, 1.82) is 0 Å². The molecule has 1 aromatic heterocycles. The molecule has 4 rings (SSSR count). The van der Waals surface area contributed by atoms with Crippen molar-refractivity contribution in [2.24, 2.45) is 16.7 Å². The van der Waals surface area contributed by atoms with Crippen LogP contribution in [0.15, 0.2) is 28.6 Å². The fourth-order valence-corrected chi connectivity index (χ4v) is 6.16. The van der Waals surface area contributed by atoms with E-state index in [2.05, 4.69) is 4.98 Å². The Morgan fingerprint density at radius 2 is 2.14 bits per heavy atom. The van der Waals surface area contributed by atoms with Crippen LogP contribution >= 0.6 is 23.1 Å². The predicted molar refractivity (Wildman–Crippen MR) is 89.0 cm³/mol. The zero-order chi connectivity index (χ0) is 15.5. The highest BCUT2D eigenvalue weighted by Gasteiger charge is 2.65. The van der Waals surface area contributed by atoms with Gasteiger partial charge in [-0.15, -0.1) is 11.3 Å². The van der Waals surface area contributed by atoms with Crippen LogP contribution in [0.5, 0.6) is 0 Å². The SMILES string of the molecule is CC1(C)C(=O)C2(C(=O)Sc3nc4ccccc4s3)CCC1C2. The zero-order valence-corrected chi connectivity index (χ0v) is 14.2. The van der Waals surface area contributed by atoms with Gasteiger partial charge in [-0.2, -0.15) is 0 Å². The second kappa shape index (κ2) is 4.65. The van der Waals surface area contributed by atoms with Crippen LogP contribution in [0, 0.1) is 16.7 Å². The van der Waals surface area contributed by atoms with E-state index in [4.69, 9.17) is 0 Å². The quantitative estimate of drug-likeness (QED) is 0.608. The molecular weight excluding hydrogens is 314 g/mol. The van der Waals surface area contributed by atoms with E-state index in [1.807, 2.05) is 38.1 Å². The van der Waals surface area contributed by atoms with Crippen LogP contribution < -0.4 is 0 Å². The van der Waals surface area contributed by atoms with Crippen molar-refractivity contribution in [3.05, 3.63) is 24.3 Å². The lowest BCUT2D eigenvalue weighted by molar-refractivity contribution is -0.140. The van der Waals surface area contributed by atoms with E-state index in [0.717, 1.165) is 33.8 Å². The van der Waals surface area contributed by atoms with E-state index in [9.17, 15) is 9.59 Å². The fourth-order valence-electron chi connectivity index (χ4n) is 4.02. The van der Waals surface area contributed by atoms with E-state index in [-0.39, 0.29) is 16.3 Å². The highest BCUT2D eigenvalue weighted by atomic mass is 32.2. The molecule has 5 heteroatoms. The lowest BCUT2D eigenvalue weighted by Crippen LogP contribution is -2.40. The molecule has 2 saturated carbocycles. The number of benzene rings is 1. The van der Waals surface area contributed by atoms with Gasteiger partial charge in [0, 0.05) is 5.41 Å². The number of fused-ring (bicyclic) bond motifs is 3. The van der Waals surface area contributed by atoms with Gasteiger partial charge in [-0.3, -0.25) is 9.59 Å². The van der Waals surface area contributed by atoms with Crippen LogP contribution in [0.3, 0.4) is 0 Å². The molecular formula is C17H17NO2S2. The van der Waals surface area contributed by atoms with Gasteiger partial charge in [0.2, 0.25) is 5.12 Å². The Kier molecular flexibility index (Phi) is 3.04. The lowest BCUT2D eigenvalue weighted by Gasteiger charge is -2.31. The van der Waals surface area contributed by atoms with Crippen LogP contribution in [0.2, 0.25) is 0 Å². The minimum atomic E-state index is -0.753. The summed E-state index contributed by atoms with van der Waals surface area (Å²) < 4.78 is 1.83. The summed E-state index contributed by atoms with van der Waals surface area (Å²) in [5, 5.41) is 0.00429. The third-order valence-electron chi connectivity index (χ3n) is 5.40. The third-order valence-corrected chi connectivity index (χ3v) is 7.57. The van der Waals surface area contributed by atoms with Crippen molar-refractivity contribution in [3.63, 3.8) is 0 Å². The normalized spacial score (nSPS) is 29.4. The summed E-state index contributed by atoms with van der Waals surface area (Å²) in [6.45, 7) is 3.99. The van der Waals surface area contributed by atoms with Crippen molar-refractivity contribution in [2.45, 2.75) is 37.4 Å². The summed E-state index contributed by atoms with van der Waals surface area (Å²) in [7, 11) is 0. The van der Waals surface area contributed by atoms with E-state index in [0.29, 0.717) is 5.92 Å². The van der Waals surface area contributed by atoms with Gasteiger partial charge in [0.1, 0.15) is 0 Å². The Balaban J connectivity index is 1.64. The van der Waals surface area contributed by atoms with Crippen molar-refractivity contribution in [2.75, 3.05) is 0 Å². The molecule has 1 heterocycles. The maximum absolute atomic E-state index is 12.9. The largest absolute Gasteiger partial charge is 0.298 e. The van der Waals surface area contributed by atoms with E-state index < -0.39 is 5.41 Å². The molecule has 0 radical (unpaired) electrons. The Bertz CT molecular complexity index is 762. The molecule has 2 atom stereocenters. The van der Waals surface area contributed by atoms with Crippen LogP contribution in [0.4, 0.5) is 0 Å². The number of rotatable bonds is 2. The second-order valence-corrected chi connectivity index (χ2v) is 9.16. The Morgan fingerprint density at radius 1 is 1.36 bits per heavy atom. The summed E-state index contributed by atoms with van der Waals surface area (Å²) in [4.78, 5) is 30.2. The molecule has 0 aliphatic heterocycles. The molecule has 22 heavy (non-hydrogen) atoms. The minimum Gasteiger partial charge on any atom is -0.298 e. The predicted octanol–water partition coefficient (Wildman–Crippen LogP) is 4.31. The van der Waals surface area contributed by atoms with Gasteiger partial charge in [0.15, 0.2) is 10.1 Å². The molecule has 2 aromatic rings. The molecule has 2 unspecified atom stereocenters. The molecule has 2 bridgehead atoms. The summed E-state index contributed by atoms with van der Waals surface area (Å²) in [6, 6.07) is 7.88. The van der Waals surface area contributed by atoms with Gasteiger partial charge in [-0.1, -0.05) is 26.0 Å². The van der Waals surface area contributed by atoms with Gasteiger partial charge < -0.3 is 0 Å². The number of carbonyl (C=O) groups excluding carboxylic acids is 2. The number of aromatic nitrogens is 1. The average Bonchev–Trinajstić information content (AvgIpc) is 3.14. The molecule has 2 aliphatic carbocycles. The minimum absolute atomic E-state index is 0.00429. The zero-order valence-electron chi connectivity index (χ0n) is 12.6. The number of carbonyl (C=O) groups is 2. The molecule has 0 N–H and O–H groups in total. The van der Waals surface area contributed by atoms with Crippen molar-refractivity contribution >= 4 is 44.2 Å². The number of Topliss-reactive ketones (excluding diaryl/α,β-unsaturated/α-hetero) is 1. The molecule has 114 valence electrons. The van der Waals surface area contributed by atoms with E-state index >= 15 is 0 Å². The van der Waals surface area contributed by atoms with Crippen molar-refractivity contribution in [1.82, 2.24) is 4.98 Å².